The number of rotatable bonds is 1. The molecule has 1 aromatic rings. The van der Waals surface area contributed by atoms with Crippen molar-refractivity contribution >= 4 is 11.6 Å². The van der Waals surface area contributed by atoms with Crippen LogP contribution in [0.4, 0.5) is 5.69 Å². The van der Waals surface area contributed by atoms with Crippen molar-refractivity contribution in [2.45, 2.75) is 25.7 Å². The molecular formula is C16H20N2O. The molecule has 0 saturated heterocycles. The SMILES string of the molecule is CC1=CCCN(C(=O)C2CCNc3ccccc32)C1. The maximum Gasteiger partial charge on any atom is 0.230 e. The Morgan fingerprint density at radius 1 is 1.37 bits per heavy atom. The third-order valence-corrected chi connectivity index (χ3v) is 4.03. The van der Waals surface area contributed by atoms with E-state index in [0.29, 0.717) is 5.91 Å². The summed E-state index contributed by atoms with van der Waals surface area (Å²) in [6.45, 7) is 4.65. The summed E-state index contributed by atoms with van der Waals surface area (Å²) in [4.78, 5) is 14.7. The lowest BCUT2D eigenvalue weighted by atomic mass is 9.89. The molecule has 1 atom stereocenters. The topological polar surface area (TPSA) is 32.3 Å². The van der Waals surface area contributed by atoms with Gasteiger partial charge in [-0.2, -0.15) is 0 Å². The summed E-state index contributed by atoms with van der Waals surface area (Å²) in [7, 11) is 0. The zero-order valence-electron chi connectivity index (χ0n) is 11.4. The first-order valence-electron chi connectivity index (χ1n) is 7.03. The highest BCUT2D eigenvalue weighted by molar-refractivity contribution is 5.86. The first-order valence-corrected chi connectivity index (χ1v) is 7.03. The van der Waals surface area contributed by atoms with Gasteiger partial charge in [0.25, 0.3) is 0 Å². The van der Waals surface area contributed by atoms with Crippen LogP contribution in [-0.2, 0) is 4.79 Å². The summed E-state index contributed by atoms with van der Waals surface area (Å²) in [5.41, 5.74) is 3.59. The Kier molecular flexibility index (Phi) is 3.28. The van der Waals surface area contributed by atoms with E-state index in [1.54, 1.807) is 0 Å². The van der Waals surface area contributed by atoms with Crippen molar-refractivity contribution in [3.05, 3.63) is 41.5 Å². The van der Waals surface area contributed by atoms with Crippen LogP contribution in [-0.4, -0.2) is 30.4 Å². The maximum atomic E-state index is 12.7. The molecule has 1 unspecified atom stereocenters. The van der Waals surface area contributed by atoms with Crippen LogP contribution in [0.1, 0.15) is 31.2 Å². The van der Waals surface area contributed by atoms with E-state index in [9.17, 15) is 4.79 Å². The summed E-state index contributed by atoms with van der Waals surface area (Å²) in [5, 5.41) is 3.38. The van der Waals surface area contributed by atoms with Crippen LogP contribution >= 0.6 is 0 Å². The molecule has 0 radical (unpaired) electrons. The lowest BCUT2D eigenvalue weighted by molar-refractivity contribution is -0.132. The van der Waals surface area contributed by atoms with Crippen LogP contribution in [0.15, 0.2) is 35.9 Å². The van der Waals surface area contributed by atoms with Crippen LogP contribution < -0.4 is 5.32 Å². The molecule has 100 valence electrons. The van der Waals surface area contributed by atoms with E-state index in [-0.39, 0.29) is 5.92 Å². The molecular weight excluding hydrogens is 236 g/mol. The van der Waals surface area contributed by atoms with Crippen LogP contribution in [0.2, 0.25) is 0 Å². The number of nitrogens with one attached hydrogen (secondary N) is 1. The molecule has 3 heteroatoms. The zero-order valence-corrected chi connectivity index (χ0v) is 11.4. The molecule has 0 aliphatic carbocycles. The predicted molar refractivity (Wildman–Crippen MR) is 77.2 cm³/mol. The highest BCUT2D eigenvalue weighted by Crippen LogP contribution is 2.33. The van der Waals surface area contributed by atoms with E-state index in [0.717, 1.165) is 43.7 Å². The third-order valence-electron chi connectivity index (χ3n) is 4.03. The third kappa shape index (κ3) is 2.37. The van der Waals surface area contributed by atoms with Crippen LogP contribution in [0.5, 0.6) is 0 Å². The number of para-hydroxylation sites is 1. The largest absolute Gasteiger partial charge is 0.385 e. The molecule has 2 aliphatic heterocycles. The van der Waals surface area contributed by atoms with Gasteiger partial charge in [-0.1, -0.05) is 29.8 Å². The van der Waals surface area contributed by atoms with Gasteiger partial charge in [0.05, 0.1) is 5.92 Å². The van der Waals surface area contributed by atoms with Gasteiger partial charge in [0.15, 0.2) is 0 Å². The number of benzene rings is 1. The molecule has 0 bridgehead atoms. The minimum Gasteiger partial charge on any atom is -0.385 e. The molecule has 3 nitrogen and oxygen atoms in total. The second-order valence-corrected chi connectivity index (χ2v) is 5.45. The smallest absolute Gasteiger partial charge is 0.230 e. The van der Waals surface area contributed by atoms with Gasteiger partial charge in [-0.15, -0.1) is 0 Å². The Bertz CT molecular complexity index is 521. The fraction of sp³-hybridized carbons (Fsp3) is 0.438. The number of carbonyl (C=O) groups excluding carboxylic acids is 1. The second-order valence-electron chi connectivity index (χ2n) is 5.45. The lowest BCUT2D eigenvalue weighted by Crippen LogP contribution is -2.40. The Morgan fingerprint density at radius 2 is 2.21 bits per heavy atom. The van der Waals surface area contributed by atoms with Crippen LogP contribution in [0.25, 0.3) is 0 Å². The van der Waals surface area contributed by atoms with Crippen molar-refractivity contribution in [1.82, 2.24) is 4.90 Å². The summed E-state index contributed by atoms with van der Waals surface area (Å²) in [5.74, 6) is 0.324. The average Bonchev–Trinajstić information content (AvgIpc) is 2.46. The van der Waals surface area contributed by atoms with E-state index in [1.807, 2.05) is 17.0 Å². The quantitative estimate of drug-likeness (QED) is 0.784. The second kappa shape index (κ2) is 5.08. The molecule has 0 spiro atoms. The summed E-state index contributed by atoms with van der Waals surface area (Å²) in [6.07, 6.45) is 4.12. The van der Waals surface area contributed by atoms with Crippen molar-refractivity contribution < 1.29 is 4.79 Å². The molecule has 19 heavy (non-hydrogen) atoms. The molecule has 3 rings (SSSR count). The number of fused-ring (bicyclic) bond motifs is 1. The molecule has 0 saturated carbocycles. The predicted octanol–water partition coefficient (Wildman–Crippen LogP) is 2.76. The Hall–Kier alpha value is -1.77. The maximum absolute atomic E-state index is 12.7. The molecule has 0 aromatic heterocycles. The Labute approximate surface area is 114 Å². The van der Waals surface area contributed by atoms with Crippen molar-refractivity contribution in [2.75, 3.05) is 25.0 Å². The molecule has 0 fully saturated rings. The Balaban J connectivity index is 1.83. The number of carbonyl (C=O) groups is 1. The van der Waals surface area contributed by atoms with Gasteiger partial charge in [0.2, 0.25) is 5.91 Å². The summed E-state index contributed by atoms with van der Waals surface area (Å²) < 4.78 is 0. The lowest BCUT2D eigenvalue weighted by Gasteiger charge is -2.33. The average molecular weight is 256 g/mol. The zero-order chi connectivity index (χ0) is 13.2. The summed E-state index contributed by atoms with van der Waals surface area (Å²) >= 11 is 0. The number of hydrogen-bond donors (Lipinski definition) is 1. The highest BCUT2D eigenvalue weighted by atomic mass is 16.2. The van der Waals surface area contributed by atoms with Crippen molar-refractivity contribution in [2.24, 2.45) is 0 Å². The Morgan fingerprint density at radius 3 is 3.05 bits per heavy atom. The molecule has 2 aliphatic rings. The number of amides is 1. The van der Waals surface area contributed by atoms with Gasteiger partial charge in [-0.3, -0.25) is 4.79 Å². The van der Waals surface area contributed by atoms with Gasteiger partial charge in [-0.05, 0) is 31.4 Å². The molecule has 1 amide bonds. The van der Waals surface area contributed by atoms with Crippen molar-refractivity contribution in [1.29, 1.82) is 0 Å². The number of anilines is 1. The first kappa shape index (κ1) is 12.3. The van der Waals surface area contributed by atoms with Crippen molar-refractivity contribution in [3.63, 3.8) is 0 Å². The number of hydrogen-bond acceptors (Lipinski definition) is 2. The van der Waals surface area contributed by atoms with E-state index < -0.39 is 0 Å². The van der Waals surface area contributed by atoms with Crippen molar-refractivity contribution in [3.8, 4) is 0 Å². The fourth-order valence-electron chi connectivity index (χ4n) is 3.04. The first-order chi connectivity index (χ1) is 9.25. The summed E-state index contributed by atoms with van der Waals surface area (Å²) in [6, 6.07) is 8.19. The van der Waals surface area contributed by atoms with Gasteiger partial charge < -0.3 is 10.2 Å². The van der Waals surface area contributed by atoms with E-state index in [1.165, 1.54) is 5.57 Å². The fourth-order valence-corrected chi connectivity index (χ4v) is 3.04. The van der Waals surface area contributed by atoms with E-state index in [2.05, 4.69) is 30.4 Å². The van der Waals surface area contributed by atoms with E-state index in [4.69, 9.17) is 0 Å². The van der Waals surface area contributed by atoms with Crippen LogP contribution in [0.3, 0.4) is 0 Å². The highest BCUT2D eigenvalue weighted by Gasteiger charge is 2.30. The minimum atomic E-state index is 0.0309. The number of nitrogens with zero attached hydrogens (tertiary/aromatic N) is 1. The van der Waals surface area contributed by atoms with Gasteiger partial charge in [0.1, 0.15) is 0 Å². The van der Waals surface area contributed by atoms with Gasteiger partial charge in [0, 0.05) is 25.3 Å². The molecule has 2 heterocycles. The van der Waals surface area contributed by atoms with E-state index >= 15 is 0 Å². The normalized spacial score (nSPS) is 22.3. The molecule has 1 aromatic carbocycles. The van der Waals surface area contributed by atoms with Gasteiger partial charge in [-0.25, -0.2) is 0 Å². The minimum absolute atomic E-state index is 0.0309. The monoisotopic (exact) mass is 256 g/mol. The molecule has 1 N–H and O–H groups in total. The van der Waals surface area contributed by atoms with Crippen LogP contribution in [0, 0.1) is 0 Å². The van der Waals surface area contributed by atoms with Gasteiger partial charge >= 0.3 is 0 Å². The standard InChI is InChI=1S/C16H20N2O/c1-12-5-4-10-18(11-12)16(19)14-8-9-17-15-7-3-2-6-13(14)15/h2-3,5-7,14,17H,4,8-11H2,1H3.